The predicted octanol–water partition coefficient (Wildman–Crippen LogP) is 4.11. The van der Waals surface area contributed by atoms with Crippen LogP contribution in [0.5, 0.6) is 0 Å². The fraction of sp³-hybridized carbons (Fsp3) is 1.00. The molecule has 0 aliphatic rings. The maximum Gasteiger partial charge on any atom is 0.254 e. The van der Waals surface area contributed by atoms with Gasteiger partial charge >= 0.3 is 0 Å². The van der Waals surface area contributed by atoms with Gasteiger partial charge in [-0.05, 0) is 12.2 Å². The molecule has 0 bridgehead atoms. The topological polar surface area (TPSA) is 26.3 Å². The van der Waals surface area contributed by atoms with Crippen LogP contribution < -0.4 is 0 Å². The third-order valence-corrected chi connectivity index (χ3v) is 6.52. The van der Waals surface area contributed by atoms with Gasteiger partial charge in [-0.1, -0.05) is 31.7 Å². The monoisotopic (exact) mass is 256 g/mol. The molecule has 86 valence electrons. The van der Waals surface area contributed by atoms with Crippen molar-refractivity contribution in [3.05, 3.63) is 0 Å². The minimum atomic E-state index is -2.36. The van der Waals surface area contributed by atoms with E-state index in [2.05, 4.69) is 13.8 Å². The molecule has 0 rings (SSSR count). The van der Waals surface area contributed by atoms with Crippen molar-refractivity contribution in [2.45, 2.75) is 26.7 Å². The van der Waals surface area contributed by atoms with Gasteiger partial charge in [0.05, 0.1) is 6.61 Å². The Hall–Kier alpha value is 0.890. The third-order valence-electron chi connectivity index (χ3n) is 1.58. The highest BCUT2D eigenvalue weighted by molar-refractivity contribution is 8.56. The summed E-state index contributed by atoms with van der Waals surface area (Å²) in [5.74, 6) is 3.12. The smallest absolute Gasteiger partial charge is 0.254 e. The highest BCUT2D eigenvalue weighted by Gasteiger charge is 2.15. The van der Waals surface area contributed by atoms with Crippen LogP contribution in [-0.2, 0) is 9.09 Å². The molecule has 0 spiro atoms. The largest absolute Gasteiger partial charge is 0.321 e. The lowest BCUT2D eigenvalue weighted by Gasteiger charge is -2.12. The van der Waals surface area contributed by atoms with Crippen LogP contribution in [0.3, 0.4) is 0 Å². The van der Waals surface area contributed by atoms with Gasteiger partial charge in [0.2, 0.25) is 0 Å². The molecule has 0 amide bonds. The molecule has 0 radical (unpaired) electrons. The van der Waals surface area contributed by atoms with Crippen LogP contribution >= 0.6 is 29.7 Å². The van der Waals surface area contributed by atoms with Gasteiger partial charge in [0.1, 0.15) is 0 Å². The lowest BCUT2D eigenvalue weighted by atomic mass is 10.4. The van der Waals surface area contributed by atoms with E-state index < -0.39 is 6.57 Å². The SMILES string of the molecule is CCCCOP(C)(=O)SCCSCC. The van der Waals surface area contributed by atoms with Crippen molar-refractivity contribution in [2.24, 2.45) is 0 Å². The van der Waals surface area contributed by atoms with Crippen LogP contribution in [0.4, 0.5) is 0 Å². The molecule has 0 aromatic carbocycles. The zero-order valence-corrected chi connectivity index (χ0v) is 11.9. The molecule has 0 saturated heterocycles. The highest BCUT2D eigenvalue weighted by Crippen LogP contribution is 2.56. The Labute approximate surface area is 96.1 Å². The van der Waals surface area contributed by atoms with E-state index in [1.165, 1.54) is 11.4 Å². The van der Waals surface area contributed by atoms with Crippen LogP contribution in [0.25, 0.3) is 0 Å². The summed E-state index contributed by atoms with van der Waals surface area (Å²) in [6.45, 7) is 4.25. The van der Waals surface area contributed by atoms with E-state index in [4.69, 9.17) is 4.52 Å². The van der Waals surface area contributed by atoms with Crippen LogP contribution in [0.15, 0.2) is 0 Å². The van der Waals surface area contributed by atoms with E-state index in [-0.39, 0.29) is 0 Å². The van der Waals surface area contributed by atoms with Gasteiger partial charge < -0.3 is 4.52 Å². The third kappa shape index (κ3) is 9.45. The fourth-order valence-electron chi connectivity index (χ4n) is 0.818. The van der Waals surface area contributed by atoms with Crippen molar-refractivity contribution in [3.63, 3.8) is 0 Å². The number of hydrogen-bond acceptors (Lipinski definition) is 4. The van der Waals surface area contributed by atoms with E-state index in [1.54, 1.807) is 6.66 Å². The molecule has 14 heavy (non-hydrogen) atoms. The van der Waals surface area contributed by atoms with Gasteiger partial charge in [0.25, 0.3) is 6.57 Å². The Morgan fingerprint density at radius 2 is 2.00 bits per heavy atom. The molecule has 0 aromatic heterocycles. The summed E-state index contributed by atoms with van der Waals surface area (Å²) in [5.41, 5.74) is 0. The van der Waals surface area contributed by atoms with Gasteiger partial charge in [-0.3, -0.25) is 4.57 Å². The summed E-state index contributed by atoms with van der Waals surface area (Å²) in [5, 5.41) is 0. The Bertz CT molecular complexity index is 176. The van der Waals surface area contributed by atoms with E-state index in [0.29, 0.717) is 6.61 Å². The van der Waals surface area contributed by atoms with Crippen LogP contribution in [-0.4, -0.2) is 30.5 Å². The average Bonchev–Trinajstić information content (AvgIpc) is 2.13. The first-order chi connectivity index (χ1) is 6.62. The zero-order chi connectivity index (χ0) is 10.9. The first-order valence-corrected chi connectivity index (χ1v) is 9.88. The van der Waals surface area contributed by atoms with Gasteiger partial charge in [-0.25, -0.2) is 0 Å². The number of rotatable bonds is 9. The lowest BCUT2D eigenvalue weighted by molar-refractivity contribution is 0.320. The van der Waals surface area contributed by atoms with Gasteiger partial charge in [-0.15, -0.1) is 0 Å². The normalized spacial score (nSPS) is 15.4. The quantitative estimate of drug-likeness (QED) is 0.458. The second kappa shape index (κ2) is 9.14. The van der Waals surface area contributed by atoms with Gasteiger partial charge in [-0.2, -0.15) is 11.8 Å². The van der Waals surface area contributed by atoms with Crippen molar-refractivity contribution in [1.82, 2.24) is 0 Å². The Balaban J connectivity index is 3.46. The summed E-state index contributed by atoms with van der Waals surface area (Å²) in [6, 6.07) is 0. The molecule has 1 atom stereocenters. The van der Waals surface area contributed by atoms with Crippen molar-refractivity contribution in [2.75, 3.05) is 30.5 Å². The molecule has 0 aliphatic carbocycles. The summed E-state index contributed by atoms with van der Waals surface area (Å²) < 4.78 is 17.1. The molecule has 5 heteroatoms. The number of hydrogen-bond donors (Lipinski definition) is 0. The molecule has 0 N–H and O–H groups in total. The van der Waals surface area contributed by atoms with Crippen LogP contribution in [0.2, 0.25) is 0 Å². The summed E-state index contributed by atoms with van der Waals surface area (Å²) in [6.07, 6.45) is 2.10. The second-order valence-corrected chi connectivity index (χ2v) is 9.61. The summed E-state index contributed by atoms with van der Waals surface area (Å²) >= 11 is 3.36. The van der Waals surface area contributed by atoms with Gasteiger partial charge in [0.15, 0.2) is 0 Å². The summed E-state index contributed by atoms with van der Waals surface area (Å²) in [4.78, 5) is 0. The fourth-order valence-corrected chi connectivity index (χ4v) is 4.86. The molecular weight excluding hydrogens is 235 g/mol. The predicted molar refractivity (Wildman–Crippen MR) is 69.8 cm³/mol. The van der Waals surface area contributed by atoms with Gasteiger partial charge in [0, 0.05) is 18.2 Å². The van der Waals surface area contributed by atoms with Crippen molar-refractivity contribution < 1.29 is 9.09 Å². The molecule has 0 aromatic rings. The van der Waals surface area contributed by atoms with E-state index in [9.17, 15) is 4.57 Å². The first-order valence-electron chi connectivity index (χ1n) is 5.06. The molecular formula is C9H21O2PS2. The van der Waals surface area contributed by atoms with Crippen LogP contribution in [0.1, 0.15) is 26.7 Å². The minimum Gasteiger partial charge on any atom is -0.321 e. The van der Waals surface area contributed by atoms with Crippen molar-refractivity contribution in [1.29, 1.82) is 0 Å². The minimum absolute atomic E-state index is 0.637. The maximum absolute atomic E-state index is 11.8. The first kappa shape index (κ1) is 14.9. The van der Waals surface area contributed by atoms with E-state index >= 15 is 0 Å². The van der Waals surface area contributed by atoms with E-state index in [0.717, 1.165) is 30.1 Å². The Kier molecular flexibility index (Phi) is 9.72. The Morgan fingerprint density at radius 1 is 1.29 bits per heavy atom. The number of unbranched alkanes of at least 4 members (excludes halogenated alkanes) is 1. The molecule has 2 nitrogen and oxygen atoms in total. The lowest BCUT2D eigenvalue weighted by Crippen LogP contribution is -1.91. The number of thioether (sulfide) groups is 1. The standard InChI is InChI=1S/C9H21O2PS2/c1-4-6-7-11-12(3,10)14-9-8-13-5-2/h4-9H2,1-3H3. The highest BCUT2D eigenvalue weighted by atomic mass is 32.7. The van der Waals surface area contributed by atoms with Crippen molar-refractivity contribution >= 4 is 29.7 Å². The molecule has 0 saturated carbocycles. The molecule has 0 heterocycles. The Morgan fingerprint density at radius 3 is 2.57 bits per heavy atom. The molecule has 0 fully saturated rings. The molecule has 1 unspecified atom stereocenters. The molecule has 0 aliphatic heterocycles. The maximum atomic E-state index is 11.8. The van der Waals surface area contributed by atoms with Crippen LogP contribution in [0, 0.1) is 0 Å². The zero-order valence-electron chi connectivity index (χ0n) is 9.32. The van der Waals surface area contributed by atoms with E-state index in [1.807, 2.05) is 11.8 Å². The average molecular weight is 256 g/mol. The summed E-state index contributed by atoms with van der Waals surface area (Å²) in [7, 11) is 0. The van der Waals surface area contributed by atoms with Crippen molar-refractivity contribution in [3.8, 4) is 0 Å². The second-order valence-electron chi connectivity index (χ2n) is 2.99.